The smallest absolute Gasteiger partial charge is 0.0488 e. The van der Waals surface area contributed by atoms with E-state index in [1.54, 1.807) is 0 Å². The molecule has 1 aromatic carbocycles. The van der Waals surface area contributed by atoms with Crippen molar-refractivity contribution in [1.82, 2.24) is 5.43 Å². The third kappa shape index (κ3) is 3.30. The van der Waals surface area contributed by atoms with Crippen LogP contribution in [0.15, 0.2) is 22.7 Å². The number of nitrogens with two attached hydrogens (primary N) is 1. The van der Waals surface area contributed by atoms with Crippen LogP contribution in [-0.2, 0) is 0 Å². The quantitative estimate of drug-likeness (QED) is 0.639. The predicted octanol–water partition coefficient (Wildman–Crippen LogP) is 3.70. The average molecular weight is 285 g/mol. The Kier molecular flexibility index (Phi) is 5.46. The molecular formula is C13H21BrN2. The van der Waals surface area contributed by atoms with E-state index in [2.05, 4.69) is 60.3 Å². The molecule has 2 atom stereocenters. The van der Waals surface area contributed by atoms with Crippen molar-refractivity contribution < 1.29 is 0 Å². The molecule has 0 aliphatic rings. The van der Waals surface area contributed by atoms with Crippen LogP contribution < -0.4 is 11.3 Å². The zero-order valence-electron chi connectivity index (χ0n) is 10.3. The van der Waals surface area contributed by atoms with Crippen LogP contribution in [0.1, 0.15) is 43.9 Å². The molecule has 0 aliphatic heterocycles. The fraction of sp³-hybridized carbons (Fsp3) is 0.538. The summed E-state index contributed by atoms with van der Waals surface area (Å²) < 4.78 is 1.11. The van der Waals surface area contributed by atoms with Crippen LogP contribution in [0.3, 0.4) is 0 Å². The molecule has 16 heavy (non-hydrogen) atoms. The van der Waals surface area contributed by atoms with Gasteiger partial charge in [0.15, 0.2) is 0 Å². The molecule has 3 heteroatoms. The molecule has 0 heterocycles. The molecule has 0 amide bonds. The summed E-state index contributed by atoms with van der Waals surface area (Å²) in [5.74, 6) is 6.23. The third-order valence-electron chi connectivity index (χ3n) is 3.07. The zero-order valence-corrected chi connectivity index (χ0v) is 11.8. The predicted molar refractivity (Wildman–Crippen MR) is 73.0 cm³/mol. The second-order valence-electron chi connectivity index (χ2n) is 4.41. The summed E-state index contributed by atoms with van der Waals surface area (Å²) in [6.45, 7) is 6.58. The van der Waals surface area contributed by atoms with Gasteiger partial charge in [-0.2, -0.15) is 0 Å². The second-order valence-corrected chi connectivity index (χ2v) is 5.33. The fourth-order valence-electron chi connectivity index (χ4n) is 2.13. The number of aryl methyl sites for hydroxylation is 1. The molecule has 1 rings (SSSR count). The van der Waals surface area contributed by atoms with Crippen molar-refractivity contribution >= 4 is 15.9 Å². The highest BCUT2D eigenvalue weighted by atomic mass is 79.9. The Morgan fingerprint density at radius 2 is 2.12 bits per heavy atom. The van der Waals surface area contributed by atoms with Gasteiger partial charge in [0, 0.05) is 10.5 Å². The Labute approximate surface area is 107 Å². The number of nitrogens with one attached hydrogen (secondary N) is 1. The van der Waals surface area contributed by atoms with Gasteiger partial charge in [-0.1, -0.05) is 42.3 Å². The van der Waals surface area contributed by atoms with Crippen LogP contribution in [0.2, 0.25) is 0 Å². The highest BCUT2D eigenvalue weighted by molar-refractivity contribution is 9.10. The van der Waals surface area contributed by atoms with Gasteiger partial charge < -0.3 is 0 Å². The average Bonchev–Trinajstić information content (AvgIpc) is 2.24. The number of halogens is 1. The molecule has 90 valence electrons. The summed E-state index contributed by atoms with van der Waals surface area (Å²) in [5.41, 5.74) is 5.53. The molecule has 1 aromatic rings. The van der Waals surface area contributed by atoms with Gasteiger partial charge in [-0.15, -0.1) is 0 Å². The molecule has 2 unspecified atom stereocenters. The number of rotatable bonds is 5. The first-order chi connectivity index (χ1) is 7.60. The molecule has 0 spiro atoms. The minimum absolute atomic E-state index is 0.234. The van der Waals surface area contributed by atoms with Gasteiger partial charge in [0.25, 0.3) is 0 Å². The summed E-state index contributed by atoms with van der Waals surface area (Å²) in [4.78, 5) is 0. The van der Waals surface area contributed by atoms with Gasteiger partial charge in [-0.25, -0.2) is 0 Å². The first-order valence-electron chi connectivity index (χ1n) is 5.82. The van der Waals surface area contributed by atoms with E-state index in [1.807, 2.05) is 0 Å². The lowest BCUT2D eigenvalue weighted by Gasteiger charge is -2.25. The van der Waals surface area contributed by atoms with Crippen LogP contribution in [0, 0.1) is 12.8 Å². The molecule has 0 radical (unpaired) electrons. The Morgan fingerprint density at radius 3 is 2.69 bits per heavy atom. The van der Waals surface area contributed by atoms with E-state index in [1.165, 1.54) is 24.0 Å². The Bertz CT molecular complexity index is 339. The van der Waals surface area contributed by atoms with Crippen LogP contribution in [-0.4, -0.2) is 0 Å². The van der Waals surface area contributed by atoms with E-state index in [-0.39, 0.29) is 6.04 Å². The van der Waals surface area contributed by atoms with Gasteiger partial charge in [-0.05, 0) is 42.5 Å². The minimum Gasteiger partial charge on any atom is -0.271 e. The van der Waals surface area contributed by atoms with Crippen LogP contribution >= 0.6 is 15.9 Å². The maximum Gasteiger partial charge on any atom is 0.0488 e. The maximum absolute atomic E-state index is 5.69. The van der Waals surface area contributed by atoms with E-state index >= 15 is 0 Å². The number of hydrogen-bond donors (Lipinski definition) is 2. The van der Waals surface area contributed by atoms with Crippen molar-refractivity contribution in [3.8, 4) is 0 Å². The molecule has 0 fully saturated rings. The van der Waals surface area contributed by atoms with Crippen molar-refractivity contribution in [3.05, 3.63) is 33.8 Å². The third-order valence-corrected chi connectivity index (χ3v) is 3.56. The number of hydrazine groups is 1. The number of hydrogen-bond acceptors (Lipinski definition) is 2. The lowest BCUT2D eigenvalue weighted by atomic mass is 9.89. The van der Waals surface area contributed by atoms with Crippen LogP contribution in [0.4, 0.5) is 0 Å². The van der Waals surface area contributed by atoms with Crippen molar-refractivity contribution in [1.29, 1.82) is 0 Å². The second kappa shape index (κ2) is 6.38. The number of benzene rings is 1. The van der Waals surface area contributed by atoms with Crippen molar-refractivity contribution in [3.63, 3.8) is 0 Å². The Balaban J connectivity index is 2.98. The Morgan fingerprint density at radius 1 is 1.44 bits per heavy atom. The highest BCUT2D eigenvalue weighted by Gasteiger charge is 2.19. The lowest BCUT2D eigenvalue weighted by Crippen LogP contribution is -2.33. The summed E-state index contributed by atoms with van der Waals surface area (Å²) in [6.07, 6.45) is 2.37. The summed E-state index contributed by atoms with van der Waals surface area (Å²) in [6, 6.07) is 6.59. The van der Waals surface area contributed by atoms with Gasteiger partial charge in [0.2, 0.25) is 0 Å². The first-order valence-corrected chi connectivity index (χ1v) is 6.61. The summed E-state index contributed by atoms with van der Waals surface area (Å²) >= 11 is 3.51. The molecule has 0 aromatic heterocycles. The zero-order chi connectivity index (χ0) is 12.1. The van der Waals surface area contributed by atoms with Crippen molar-refractivity contribution in [2.45, 2.75) is 39.7 Å². The monoisotopic (exact) mass is 284 g/mol. The molecular weight excluding hydrogens is 264 g/mol. The Hall–Kier alpha value is -0.380. The molecule has 0 bridgehead atoms. The molecule has 0 aliphatic carbocycles. The minimum atomic E-state index is 0.234. The van der Waals surface area contributed by atoms with Crippen molar-refractivity contribution in [2.75, 3.05) is 0 Å². The molecule has 0 saturated heterocycles. The maximum atomic E-state index is 5.69. The fourth-order valence-corrected chi connectivity index (χ4v) is 2.51. The van der Waals surface area contributed by atoms with Crippen molar-refractivity contribution in [2.24, 2.45) is 11.8 Å². The van der Waals surface area contributed by atoms with Gasteiger partial charge in [0.1, 0.15) is 0 Å². The summed E-state index contributed by atoms with van der Waals surface area (Å²) in [7, 11) is 0. The largest absolute Gasteiger partial charge is 0.271 e. The normalized spacial score (nSPS) is 14.8. The first kappa shape index (κ1) is 13.7. The van der Waals surface area contributed by atoms with E-state index < -0.39 is 0 Å². The molecule has 3 N–H and O–H groups in total. The summed E-state index contributed by atoms with van der Waals surface area (Å²) in [5, 5.41) is 0. The van der Waals surface area contributed by atoms with Crippen LogP contribution in [0.25, 0.3) is 0 Å². The molecule has 2 nitrogen and oxygen atoms in total. The van der Waals surface area contributed by atoms with E-state index in [0.29, 0.717) is 5.92 Å². The molecule has 0 saturated carbocycles. The lowest BCUT2D eigenvalue weighted by molar-refractivity contribution is 0.367. The van der Waals surface area contributed by atoms with Gasteiger partial charge >= 0.3 is 0 Å². The van der Waals surface area contributed by atoms with Gasteiger partial charge in [0.05, 0.1) is 0 Å². The highest BCUT2D eigenvalue weighted by Crippen LogP contribution is 2.29. The van der Waals surface area contributed by atoms with E-state index in [0.717, 1.165) is 4.47 Å². The van der Waals surface area contributed by atoms with E-state index in [9.17, 15) is 0 Å². The van der Waals surface area contributed by atoms with E-state index in [4.69, 9.17) is 5.84 Å². The van der Waals surface area contributed by atoms with Crippen LogP contribution in [0.5, 0.6) is 0 Å². The standard InChI is InChI=1S/C13H21BrN2/c1-4-5-10(3)13(16-15)12-8-11(14)7-6-9(12)2/h6-8,10,13,16H,4-5,15H2,1-3H3. The topological polar surface area (TPSA) is 38.0 Å². The van der Waals surface area contributed by atoms with Gasteiger partial charge in [-0.3, -0.25) is 11.3 Å². The SMILES string of the molecule is CCCC(C)C(NN)c1cc(Br)ccc1C.